The Hall–Kier alpha value is -2.52. The second kappa shape index (κ2) is 10.4. The van der Waals surface area contributed by atoms with Crippen LogP contribution >= 0.6 is 50.7 Å². The van der Waals surface area contributed by atoms with Gasteiger partial charge in [-0.3, -0.25) is 9.48 Å². The SMILES string of the molecule is Cc1nn(Cc2ccc(Cl)c(Cl)c2)c(C)c1NC(=O)c1ccn(COc2ccc(Br)cc2Cl)n1. The molecule has 4 aromatic rings. The van der Waals surface area contributed by atoms with Gasteiger partial charge < -0.3 is 10.1 Å². The minimum absolute atomic E-state index is 0.105. The predicted molar refractivity (Wildman–Crippen MR) is 137 cm³/mol. The molecule has 1 amide bonds. The molecule has 1 N–H and O–H groups in total. The molecular weight excluding hydrogens is 565 g/mol. The van der Waals surface area contributed by atoms with Crippen molar-refractivity contribution in [3.8, 4) is 5.75 Å². The molecule has 0 unspecified atom stereocenters. The summed E-state index contributed by atoms with van der Waals surface area (Å²) < 4.78 is 9.86. The lowest BCUT2D eigenvalue weighted by molar-refractivity contribution is 0.102. The maximum Gasteiger partial charge on any atom is 0.276 e. The maximum absolute atomic E-state index is 12.8. The fourth-order valence-electron chi connectivity index (χ4n) is 3.30. The fourth-order valence-corrected chi connectivity index (χ4v) is 4.35. The summed E-state index contributed by atoms with van der Waals surface area (Å²) in [5, 5.41) is 13.2. The van der Waals surface area contributed by atoms with Crippen molar-refractivity contribution in [1.29, 1.82) is 0 Å². The van der Waals surface area contributed by atoms with E-state index < -0.39 is 0 Å². The first-order valence-corrected chi connectivity index (χ1v) is 12.0. The van der Waals surface area contributed by atoms with Gasteiger partial charge in [0.05, 0.1) is 38.7 Å². The highest BCUT2D eigenvalue weighted by molar-refractivity contribution is 9.10. The number of nitrogens with zero attached hydrogens (tertiary/aromatic N) is 4. The summed E-state index contributed by atoms with van der Waals surface area (Å²) in [4.78, 5) is 12.8. The molecule has 0 bridgehead atoms. The molecule has 11 heteroatoms. The molecule has 2 heterocycles. The molecule has 4 rings (SSSR count). The van der Waals surface area contributed by atoms with Crippen molar-refractivity contribution in [2.75, 3.05) is 5.32 Å². The number of hydrogen-bond donors (Lipinski definition) is 1. The van der Waals surface area contributed by atoms with Gasteiger partial charge in [0, 0.05) is 10.7 Å². The second-order valence-corrected chi connectivity index (χ2v) is 9.63. The van der Waals surface area contributed by atoms with E-state index in [2.05, 4.69) is 31.4 Å². The van der Waals surface area contributed by atoms with Crippen molar-refractivity contribution in [1.82, 2.24) is 19.6 Å². The Kier molecular flexibility index (Phi) is 7.52. The van der Waals surface area contributed by atoms with E-state index in [0.717, 1.165) is 15.7 Å². The van der Waals surface area contributed by atoms with E-state index in [1.807, 2.05) is 26.0 Å². The summed E-state index contributed by atoms with van der Waals surface area (Å²) in [5.74, 6) is 0.174. The number of carbonyl (C=O) groups excluding carboxylic acids is 1. The van der Waals surface area contributed by atoms with E-state index in [-0.39, 0.29) is 18.3 Å². The van der Waals surface area contributed by atoms with Crippen LogP contribution in [0.15, 0.2) is 53.1 Å². The van der Waals surface area contributed by atoms with Crippen LogP contribution in [0.25, 0.3) is 0 Å². The Morgan fingerprint density at radius 3 is 2.56 bits per heavy atom. The van der Waals surface area contributed by atoms with Crippen LogP contribution in [-0.4, -0.2) is 25.5 Å². The molecule has 0 aliphatic rings. The minimum Gasteiger partial charge on any atom is -0.470 e. The Morgan fingerprint density at radius 2 is 1.82 bits per heavy atom. The van der Waals surface area contributed by atoms with E-state index >= 15 is 0 Å². The van der Waals surface area contributed by atoms with Gasteiger partial charge in [-0.15, -0.1) is 0 Å². The summed E-state index contributed by atoms with van der Waals surface area (Å²) in [7, 11) is 0. The Labute approximate surface area is 219 Å². The molecule has 2 aromatic carbocycles. The van der Waals surface area contributed by atoms with Crippen LogP contribution in [-0.2, 0) is 13.3 Å². The Balaban J connectivity index is 1.42. The monoisotopic (exact) mass is 581 g/mol. The molecule has 176 valence electrons. The molecular formula is C23H19BrCl3N5O2. The largest absolute Gasteiger partial charge is 0.470 e. The normalized spacial score (nSPS) is 11.0. The molecule has 0 spiro atoms. The highest BCUT2D eigenvalue weighted by Gasteiger charge is 2.17. The zero-order valence-corrected chi connectivity index (χ0v) is 22.0. The fraction of sp³-hybridized carbons (Fsp3) is 0.174. The van der Waals surface area contributed by atoms with Crippen molar-refractivity contribution >= 4 is 62.3 Å². The third-order valence-electron chi connectivity index (χ3n) is 5.06. The molecule has 0 aliphatic heterocycles. The number of amides is 1. The van der Waals surface area contributed by atoms with Crippen molar-refractivity contribution in [2.45, 2.75) is 27.1 Å². The highest BCUT2D eigenvalue weighted by atomic mass is 79.9. The lowest BCUT2D eigenvalue weighted by Crippen LogP contribution is -2.15. The number of halogens is 4. The number of benzene rings is 2. The molecule has 0 aliphatic carbocycles. The lowest BCUT2D eigenvalue weighted by atomic mass is 10.2. The van der Waals surface area contributed by atoms with E-state index in [1.165, 1.54) is 4.68 Å². The number of carbonyl (C=O) groups is 1. The second-order valence-electron chi connectivity index (χ2n) is 7.49. The summed E-state index contributed by atoms with van der Waals surface area (Å²) >= 11 is 21.6. The molecule has 0 fully saturated rings. The average Bonchev–Trinajstić information content (AvgIpc) is 3.36. The van der Waals surface area contributed by atoms with E-state index in [4.69, 9.17) is 39.5 Å². The van der Waals surface area contributed by atoms with E-state index in [9.17, 15) is 4.79 Å². The van der Waals surface area contributed by atoms with Crippen molar-refractivity contribution in [3.05, 3.63) is 90.8 Å². The summed E-state index contributed by atoms with van der Waals surface area (Å²) in [6, 6.07) is 12.4. The Morgan fingerprint density at radius 1 is 1.03 bits per heavy atom. The number of anilines is 1. The molecule has 34 heavy (non-hydrogen) atoms. The third kappa shape index (κ3) is 5.58. The number of aryl methyl sites for hydroxylation is 1. The topological polar surface area (TPSA) is 74.0 Å². The first-order valence-electron chi connectivity index (χ1n) is 10.1. The van der Waals surface area contributed by atoms with Crippen LogP contribution in [0, 0.1) is 13.8 Å². The van der Waals surface area contributed by atoms with Crippen LogP contribution in [0.3, 0.4) is 0 Å². The van der Waals surface area contributed by atoms with Gasteiger partial charge in [-0.1, -0.05) is 56.8 Å². The van der Waals surface area contributed by atoms with Gasteiger partial charge in [0.1, 0.15) is 5.75 Å². The molecule has 0 radical (unpaired) electrons. The van der Waals surface area contributed by atoms with E-state index in [1.54, 1.807) is 41.2 Å². The van der Waals surface area contributed by atoms with Crippen LogP contribution in [0.2, 0.25) is 15.1 Å². The van der Waals surface area contributed by atoms with Crippen molar-refractivity contribution in [3.63, 3.8) is 0 Å². The van der Waals surface area contributed by atoms with Crippen molar-refractivity contribution in [2.24, 2.45) is 0 Å². The molecule has 2 aromatic heterocycles. The standard InChI is InChI=1S/C23H19BrCl3N5O2/c1-13-22(14(2)32(29-13)11-15-3-5-17(25)18(26)9-15)28-23(33)20-7-8-31(30-20)12-34-21-6-4-16(24)10-19(21)27/h3-10H,11-12H2,1-2H3,(H,28,33). The summed E-state index contributed by atoms with van der Waals surface area (Å²) in [6.07, 6.45) is 1.66. The van der Waals surface area contributed by atoms with Gasteiger partial charge >= 0.3 is 0 Å². The number of rotatable bonds is 7. The van der Waals surface area contributed by atoms with Crippen LogP contribution in [0.4, 0.5) is 5.69 Å². The molecule has 0 saturated heterocycles. The minimum atomic E-state index is -0.347. The van der Waals surface area contributed by atoms with Crippen LogP contribution in [0.1, 0.15) is 27.4 Å². The van der Waals surface area contributed by atoms with Crippen LogP contribution < -0.4 is 10.1 Å². The Bertz CT molecular complexity index is 1370. The quantitative estimate of drug-likeness (QED) is 0.261. The summed E-state index contributed by atoms with van der Waals surface area (Å²) in [6.45, 7) is 4.32. The maximum atomic E-state index is 12.8. The van der Waals surface area contributed by atoms with Gasteiger partial charge in [-0.2, -0.15) is 10.2 Å². The van der Waals surface area contributed by atoms with Gasteiger partial charge in [0.15, 0.2) is 12.4 Å². The molecule has 0 atom stereocenters. The van der Waals surface area contributed by atoms with Gasteiger partial charge in [-0.05, 0) is 55.8 Å². The molecule has 0 saturated carbocycles. The number of nitrogens with one attached hydrogen (secondary N) is 1. The smallest absolute Gasteiger partial charge is 0.276 e. The highest BCUT2D eigenvalue weighted by Crippen LogP contribution is 2.28. The molecule has 7 nitrogen and oxygen atoms in total. The summed E-state index contributed by atoms with van der Waals surface area (Å²) in [5.41, 5.74) is 3.34. The zero-order chi connectivity index (χ0) is 24.4. The zero-order valence-electron chi connectivity index (χ0n) is 18.2. The van der Waals surface area contributed by atoms with Gasteiger partial charge in [0.25, 0.3) is 5.91 Å². The first-order chi connectivity index (χ1) is 16.2. The van der Waals surface area contributed by atoms with E-state index in [0.29, 0.717) is 38.7 Å². The average molecular weight is 584 g/mol. The van der Waals surface area contributed by atoms with Gasteiger partial charge in [0.2, 0.25) is 0 Å². The third-order valence-corrected chi connectivity index (χ3v) is 6.58. The first kappa shape index (κ1) is 24.6. The number of hydrogen-bond acceptors (Lipinski definition) is 4. The number of ether oxygens (including phenoxy) is 1. The number of aromatic nitrogens is 4. The van der Waals surface area contributed by atoms with Crippen molar-refractivity contribution < 1.29 is 9.53 Å². The van der Waals surface area contributed by atoms with Gasteiger partial charge in [-0.25, -0.2) is 4.68 Å². The predicted octanol–water partition coefficient (Wildman–Crippen LogP) is 6.76. The van der Waals surface area contributed by atoms with Crippen LogP contribution in [0.5, 0.6) is 5.75 Å². The lowest BCUT2D eigenvalue weighted by Gasteiger charge is -2.08.